The van der Waals surface area contributed by atoms with Crippen molar-refractivity contribution in [3.05, 3.63) is 16.1 Å². The molecule has 0 amide bonds. The molecule has 1 N–H and O–H groups in total. The van der Waals surface area contributed by atoms with Crippen molar-refractivity contribution in [2.24, 2.45) is 0 Å². The first-order valence-corrected chi connectivity index (χ1v) is 5.08. The predicted molar refractivity (Wildman–Crippen MR) is 52.3 cm³/mol. The summed E-state index contributed by atoms with van der Waals surface area (Å²) in [5.74, 6) is -0.931. The molecule has 72 valence electrons. The highest BCUT2D eigenvalue weighted by Gasteiger charge is 2.21. The highest BCUT2D eigenvalue weighted by atomic mass is 32.1. The van der Waals surface area contributed by atoms with Crippen LogP contribution in [0.5, 0.6) is 0 Å². The summed E-state index contributed by atoms with van der Waals surface area (Å²) < 4.78 is 0. The van der Waals surface area contributed by atoms with E-state index < -0.39 is 11.9 Å². The van der Waals surface area contributed by atoms with Crippen LogP contribution < -0.4 is 0 Å². The molecule has 0 fully saturated rings. The van der Waals surface area contributed by atoms with E-state index in [1.807, 2.05) is 13.8 Å². The fraction of sp³-hybridized carbons (Fsp3) is 0.556. The molecule has 0 aliphatic rings. The molecule has 0 aliphatic heterocycles. The maximum absolute atomic E-state index is 10.8. The van der Waals surface area contributed by atoms with Crippen LogP contribution in [0.3, 0.4) is 0 Å². The summed E-state index contributed by atoms with van der Waals surface area (Å²) in [6.45, 7) is 5.74. The summed E-state index contributed by atoms with van der Waals surface area (Å²) in [5.41, 5.74) is 2.63. The fourth-order valence-electron chi connectivity index (χ4n) is 1.13. The Morgan fingerprint density at radius 2 is 2.15 bits per heavy atom. The van der Waals surface area contributed by atoms with Gasteiger partial charge >= 0.3 is 5.97 Å². The van der Waals surface area contributed by atoms with Crippen molar-refractivity contribution in [2.75, 3.05) is 0 Å². The summed E-state index contributed by atoms with van der Waals surface area (Å²) in [4.78, 5) is 15.8. The molecule has 0 saturated heterocycles. The third-order valence-electron chi connectivity index (χ3n) is 1.93. The average Bonchev–Trinajstić information content (AvgIpc) is 2.50. The van der Waals surface area contributed by atoms with Crippen LogP contribution in [-0.2, 0) is 4.79 Å². The smallest absolute Gasteiger partial charge is 0.311 e. The van der Waals surface area contributed by atoms with E-state index in [4.69, 9.17) is 5.11 Å². The van der Waals surface area contributed by atoms with Crippen molar-refractivity contribution >= 4 is 17.3 Å². The third kappa shape index (κ3) is 2.06. The lowest BCUT2D eigenvalue weighted by atomic mass is 10.0. The van der Waals surface area contributed by atoms with E-state index in [0.29, 0.717) is 5.92 Å². The van der Waals surface area contributed by atoms with Gasteiger partial charge in [0, 0.05) is 4.88 Å². The maximum Gasteiger partial charge on any atom is 0.311 e. The Bertz CT molecular complexity index is 306. The number of carboxylic acids is 1. The molecule has 1 unspecified atom stereocenters. The Kier molecular flexibility index (Phi) is 3.03. The van der Waals surface area contributed by atoms with Crippen molar-refractivity contribution in [3.8, 4) is 0 Å². The zero-order valence-electron chi connectivity index (χ0n) is 7.94. The minimum atomic E-state index is -0.786. The molecule has 1 aromatic rings. The van der Waals surface area contributed by atoms with Gasteiger partial charge in [-0.25, -0.2) is 4.98 Å². The molecule has 0 spiro atoms. The molecular formula is C9H13NO2S. The number of carboxylic acid groups (broad SMARTS) is 1. The molecule has 1 rings (SSSR count). The Balaban J connectivity index is 3.00. The normalized spacial score (nSPS) is 13.2. The molecule has 1 aromatic heterocycles. The first-order valence-electron chi connectivity index (χ1n) is 4.20. The number of aliphatic carboxylic acids is 1. The lowest BCUT2D eigenvalue weighted by molar-refractivity contribution is -0.138. The van der Waals surface area contributed by atoms with Gasteiger partial charge in [0.15, 0.2) is 0 Å². The molecule has 0 radical (unpaired) electrons. The van der Waals surface area contributed by atoms with E-state index in [9.17, 15) is 4.79 Å². The number of hydrogen-bond acceptors (Lipinski definition) is 3. The van der Waals surface area contributed by atoms with E-state index in [1.165, 1.54) is 11.3 Å². The summed E-state index contributed by atoms with van der Waals surface area (Å²) in [5, 5.41) is 8.84. The van der Waals surface area contributed by atoms with Crippen molar-refractivity contribution in [2.45, 2.75) is 32.6 Å². The van der Waals surface area contributed by atoms with Gasteiger partial charge in [-0.1, -0.05) is 13.8 Å². The van der Waals surface area contributed by atoms with Crippen molar-refractivity contribution in [1.82, 2.24) is 4.98 Å². The molecule has 3 nitrogen and oxygen atoms in total. The second-order valence-corrected chi connectivity index (χ2v) is 4.20. The number of nitrogens with zero attached hydrogens (tertiary/aromatic N) is 1. The van der Waals surface area contributed by atoms with Crippen LogP contribution in [0.4, 0.5) is 0 Å². The fourth-order valence-corrected chi connectivity index (χ4v) is 2.13. The second kappa shape index (κ2) is 3.87. The number of hydrogen-bond donors (Lipinski definition) is 1. The number of carbonyl (C=O) groups is 1. The van der Waals surface area contributed by atoms with E-state index in [1.54, 1.807) is 12.4 Å². The second-order valence-electron chi connectivity index (χ2n) is 3.32. The van der Waals surface area contributed by atoms with Gasteiger partial charge in [-0.15, -0.1) is 11.3 Å². The lowest BCUT2D eigenvalue weighted by Gasteiger charge is -2.08. The first kappa shape index (κ1) is 10.2. The minimum Gasteiger partial charge on any atom is -0.481 e. The largest absolute Gasteiger partial charge is 0.481 e. The minimum absolute atomic E-state index is 0.294. The van der Waals surface area contributed by atoms with Crippen LogP contribution in [0.15, 0.2) is 5.51 Å². The van der Waals surface area contributed by atoms with Crippen LogP contribution in [0, 0.1) is 0 Å². The first-order chi connectivity index (χ1) is 6.04. The summed E-state index contributed by atoms with van der Waals surface area (Å²) in [7, 11) is 0. The van der Waals surface area contributed by atoms with Crippen LogP contribution in [0.25, 0.3) is 0 Å². The lowest BCUT2D eigenvalue weighted by Crippen LogP contribution is -2.08. The molecule has 0 aliphatic carbocycles. The SMILES string of the molecule is CC(C)c1ncsc1C(C)C(=O)O. The Labute approximate surface area is 81.4 Å². The topological polar surface area (TPSA) is 50.2 Å². The zero-order valence-corrected chi connectivity index (χ0v) is 8.76. The molecule has 1 atom stereocenters. The Morgan fingerprint density at radius 1 is 1.54 bits per heavy atom. The molecule has 4 heteroatoms. The van der Waals surface area contributed by atoms with Gasteiger partial charge in [-0.2, -0.15) is 0 Å². The molecule has 0 saturated carbocycles. The molecule has 1 heterocycles. The van der Waals surface area contributed by atoms with Gasteiger partial charge < -0.3 is 5.11 Å². The average molecular weight is 199 g/mol. The predicted octanol–water partition coefficient (Wildman–Crippen LogP) is 2.45. The van der Waals surface area contributed by atoms with E-state index in [2.05, 4.69) is 4.98 Å². The van der Waals surface area contributed by atoms with E-state index in [-0.39, 0.29) is 0 Å². The molecule has 13 heavy (non-hydrogen) atoms. The molecule has 0 bridgehead atoms. The van der Waals surface area contributed by atoms with Gasteiger partial charge in [0.05, 0.1) is 17.1 Å². The quantitative estimate of drug-likeness (QED) is 0.813. The highest BCUT2D eigenvalue weighted by Crippen LogP contribution is 2.28. The number of aromatic nitrogens is 1. The van der Waals surface area contributed by atoms with Crippen LogP contribution in [0.1, 0.15) is 43.2 Å². The van der Waals surface area contributed by atoms with E-state index in [0.717, 1.165) is 10.6 Å². The van der Waals surface area contributed by atoms with Crippen molar-refractivity contribution in [1.29, 1.82) is 0 Å². The zero-order chi connectivity index (χ0) is 10.0. The van der Waals surface area contributed by atoms with Crippen LogP contribution in [0.2, 0.25) is 0 Å². The number of thiazole rings is 1. The standard InChI is InChI=1S/C9H13NO2S/c1-5(2)7-8(13-4-10-7)6(3)9(11)12/h4-6H,1-3H3,(H,11,12). The van der Waals surface area contributed by atoms with Crippen LogP contribution >= 0.6 is 11.3 Å². The van der Waals surface area contributed by atoms with Crippen molar-refractivity contribution in [3.63, 3.8) is 0 Å². The van der Waals surface area contributed by atoms with Gasteiger partial charge in [0.25, 0.3) is 0 Å². The highest BCUT2D eigenvalue weighted by molar-refractivity contribution is 7.10. The summed E-state index contributed by atoms with van der Waals surface area (Å²) in [6, 6.07) is 0. The maximum atomic E-state index is 10.8. The Morgan fingerprint density at radius 3 is 2.62 bits per heavy atom. The van der Waals surface area contributed by atoms with Gasteiger partial charge in [0.1, 0.15) is 0 Å². The summed E-state index contributed by atoms with van der Waals surface area (Å²) in [6.07, 6.45) is 0. The van der Waals surface area contributed by atoms with Gasteiger partial charge in [-0.3, -0.25) is 4.79 Å². The van der Waals surface area contributed by atoms with Gasteiger partial charge in [-0.05, 0) is 12.8 Å². The monoisotopic (exact) mass is 199 g/mol. The molecule has 0 aromatic carbocycles. The Hall–Kier alpha value is -0.900. The van der Waals surface area contributed by atoms with Gasteiger partial charge in [0.2, 0.25) is 0 Å². The third-order valence-corrected chi connectivity index (χ3v) is 2.96. The molecular weight excluding hydrogens is 186 g/mol. The van der Waals surface area contributed by atoms with E-state index >= 15 is 0 Å². The number of rotatable bonds is 3. The summed E-state index contributed by atoms with van der Waals surface area (Å²) >= 11 is 1.42. The van der Waals surface area contributed by atoms with Crippen molar-refractivity contribution < 1.29 is 9.90 Å². The van der Waals surface area contributed by atoms with Crippen LogP contribution in [-0.4, -0.2) is 16.1 Å².